The maximum absolute atomic E-state index is 12.1. The van der Waals surface area contributed by atoms with Gasteiger partial charge in [0, 0.05) is 17.1 Å². The van der Waals surface area contributed by atoms with E-state index < -0.39 is 35.7 Å². The Morgan fingerprint density at radius 2 is 1.59 bits per heavy atom. The zero-order valence-electron chi connectivity index (χ0n) is 13.8. The van der Waals surface area contributed by atoms with Gasteiger partial charge in [0.1, 0.15) is 9.79 Å². The highest BCUT2D eigenvalue weighted by atomic mass is 35.5. The fourth-order valence-corrected chi connectivity index (χ4v) is 4.82. The highest BCUT2D eigenvalue weighted by Crippen LogP contribution is 2.30. The lowest BCUT2D eigenvalue weighted by atomic mass is 10.3. The number of sulfonamides is 2. The van der Waals surface area contributed by atoms with Crippen molar-refractivity contribution < 1.29 is 21.6 Å². The molecule has 0 aliphatic rings. The molecule has 27 heavy (non-hydrogen) atoms. The van der Waals surface area contributed by atoms with Gasteiger partial charge in [-0.2, -0.15) is 0 Å². The molecule has 0 atom stereocenters. The van der Waals surface area contributed by atoms with Gasteiger partial charge in [0.05, 0.1) is 10.7 Å². The first kappa shape index (κ1) is 21.7. The number of thioether (sulfide) groups is 1. The average Bonchev–Trinajstić information content (AvgIpc) is 2.53. The summed E-state index contributed by atoms with van der Waals surface area (Å²) in [7, 11) is -8.61. The van der Waals surface area contributed by atoms with E-state index in [-0.39, 0.29) is 17.1 Å². The summed E-state index contributed by atoms with van der Waals surface area (Å²) < 4.78 is 46.6. The molecule has 1 amide bonds. The number of carbonyl (C=O) groups is 1. The quantitative estimate of drug-likeness (QED) is 0.548. The summed E-state index contributed by atoms with van der Waals surface area (Å²) in [6.07, 6.45) is 0.0815. The number of hydrogen-bond acceptors (Lipinski definition) is 6. The second-order valence-corrected chi connectivity index (χ2v) is 9.96. The normalized spacial score (nSPS) is 12.0. The summed E-state index contributed by atoms with van der Waals surface area (Å²) in [5.74, 6) is -0.0356. The van der Waals surface area contributed by atoms with Crippen LogP contribution in [0, 0.1) is 0 Å². The molecule has 2 rings (SSSR count). The number of nitrogens with two attached hydrogens (primary N) is 2. The molecule has 0 aliphatic heterocycles. The van der Waals surface area contributed by atoms with Gasteiger partial charge >= 0.3 is 0 Å². The number of primary sulfonamides is 2. The van der Waals surface area contributed by atoms with Crippen LogP contribution in [-0.2, 0) is 24.8 Å². The molecule has 0 unspecified atom stereocenters. The van der Waals surface area contributed by atoms with Gasteiger partial charge < -0.3 is 5.32 Å². The van der Waals surface area contributed by atoms with Crippen molar-refractivity contribution in [2.24, 2.45) is 10.3 Å². The summed E-state index contributed by atoms with van der Waals surface area (Å²) in [6, 6.07) is 11.1. The first-order valence-electron chi connectivity index (χ1n) is 7.35. The van der Waals surface area contributed by atoms with E-state index in [2.05, 4.69) is 5.32 Å². The van der Waals surface area contributed by atoms with Crippen LogP contribution in [0.25, 0.3) is 0 Å². The highest BCUT2D eigenvalue weighted by Gasteiger charge is 2.23. The van der Waals surface area contributed by atoms with E-state index in [4.69, 9.17) is 21.9 Å². The van der Waals surface area contributed by atoms with Crippen LogP contribution in [0.5, 0.6) is 0 Å². The molecule has 5 N–H and O–H groups in total. The fourth-order valence-electron chi connectivity index (χ4n) is 2.08. The number of benzene rings is 2. The molecule has 0 fully saturated rings. The van der Waals surface area contributed by atoms with Crippen molar-refractivity contribution >= 4 is 55.0 Å². The second kappa shape index (κ2) is 8.59. The molecular formula is C15H16ClN3O5S3. The van der Waals surface area contributed by atoms with Crippen LogP contribution in [0.3, 0.4) is 0 Å². The van der Waals surface area contributed by atoms with Crippen molar-refractivity contribution in [2.45, 2.75) is 21.1 Å². The Bertz CT molecular complexity index is 1060. The van der Waals surface area contributed by atoms with Crippen LogP contribution in [-0.4, -0.2) is 28.5 Å². The summed E-state index contributed by atoms with van der Waals surface area (Å²) in [5.41, 5.74) is -0.218. The van der Waals surface area contributed by atoms with Crippen molar-refractivity contribution in [3.05, 3.63) is 47.5 Å². The molecule has 146 valence electrons. The molecule has 0 saturated carbocycles. The van der Waals surface area contributed by atoms with Gasteiger partial charge in [-0.3, -0.25) is 4.79 Å². The molecule has 12 heteroatoms. The maximum Gasteiger partial charge on any atom is 0.240 e. The van der Waals surface area contributed by atoms with Crippen LogP contribution >= 0.6 is 23.4 Å². The predicted molar refractivity (Wildman–Crippen MR) is 105 cm³/mol. The minimum absolute atomic E-state index is 0.0815. The lowest BCUT2D eigenvalue weighted by molar-refractivity contribution is -0.115. The van der Waals surface area contributed by atoms with E-state index >= 15 is 0 Å². The topological polar surface area (TPSA) is 149 Å². The Hall–Kier alpha value is -1.63. The van der Waals surface area contributed by atoms with Crippen molar-refractivity contribution in [3.8, 4) is 0 Å². The predicted octanol–water partition coefficient (Wildman–Crippen LogP) is 1.76. The molecular weight excluding hydrogens is 434 g/mol. The molecule has 0 aliphatic carbocycles. The van der Waals surface area contributed by atoms with Crippen LogP contribution in [0.1, 0.15) is 6.42 Å². The van der Waals surface area contributed by atoms with Gasteiger partial charge in [0.2, 0.25) is 26.0 Å². The summed E-state index contributed by atoms with van der Waals surface area (Å²) >= 11 is 7.31. The minimum Gasteiger partial charge on any atom is -0.325 e. The molecule has 0 heterocycles. The summed E-state index contributed by atoms with van der Waals surface area (Å²) in [5, 5.41) is 12.2. The molecule has 0 spiro atoms. The largest absolute Gasteiger partial charge is 0.325 e. The van der Waals surface area contributed by atoms with E-state index in [0.29, 0.717) is 5.75 Å². The number of hydrogen-bond donors (Lipinski definition) is 3. The van der Waals surface area contributed by atoms with E-state index in [1.165, 1.54) is 11.8 Å². The number of amides is 1. The van der Waals surface area contributed by atoms with Crippen LogP contribution in [0.4, 0.5) is 5.69 Å². The Balaban J connectivity index is 2.19. The maximum atomic E-state index is 12.1. The van der Waals surface area contributed by atoms with E-state index in [0.717, 1.165) is 17.0 Å². The molecule has 2 aromatic carbocycles. The van der Waals surface area contributed by atoms with E-state index in [9.17, 15) is 21.6 Å². The molecule has 2 aromatic rings. The molecule has 8 nitrogen and oxygen atoms in total. The Labute approximate surface area is 166 Å². The number of anilines is 1. The van der Waals surface area contributed by atoms with Crippen molar-refractivity contribution in [1.82, 2.24) is 0 Å². The summed E-state index contributed by atoms with van der Waals surface area (Å²) in [4.78, 5) is 11.9. The van der Waals surface area contributed by atoms with Crippen molar-refractivity contribution in [3.63, 3.8) is 0 Å². The molecule has 0 aromatic heterocycles. The van der Waals surface area contributed by atoms with Gasteiger partial charge in [-0.15, -0.1) is 11.8 Å². The zero-order chi connectivity index (χ0) is 20.2. The summed E-state index contributed by atoms with van der Waals surface area (Å²) in [6.45, 7) is 0. The lowest BCUT2D eigenvalue weighted by Crippen LogP contribution is -2.20. The number of rotatable bonds is 7. The van der Waals surface area contributed by atoms with Crippen molar-refractivity contribution in [2.75, 3.05) is 11.1 Å². The van der Waals surface area contributed by atoms with Crippen LogP contribution in [0.15, 0.2) is 57.2 Å². The smallest absolute Gasteiger partial charge is 0.240 e. The Morgan fingerprint density at radius 3 is 2.15 bits per heavy atom. The highest BCUT2D eigenvalue weighted by molar-refractivity contribution is 7.99. The van der Waals surface area contributed by atoms with Gasteiger partial charge in [-0.25, -0.2) is 27.1 Å². The third-order valence-electron chi connectivity index (χ3n) is 3.26. The SMILES string of the molecule is NS(=O)(=O)c1cc(S(N)(=O)=O)c(NC(=O)CCSc2ccccc2)cc1Cl. The second-order valence-electron chi connectivity index (χ2n) is 5.33. The Morgan fingerprint density at radius 1 is 1.00 bits per heavy atom. The number of nitrogens with one attached hydrogen (secondary N) is 1. The standard InChI is InChI=1S/C15H16ClN3O5S3/c16-11-8-12(14(27(18,23)24)9-13(11)26(17,21)22)19-15(20)6-7-25-10-4-2-1-3-5-10/h1-5,8-9H,6-7H2,(H,19,20)(H2,17,21,22)(H2,18,23,24). The molecule has 0 saturated heterocycles. The monoisotopic (exact) mass is 449 g/mol. The first-order valence-corrected chi connectivity index (χ1v) is 11.8. The van der Waals surface area contributed by atoms with Gasteiger partial charge in [0.15, 0.2) is 0 Å². The number of halogens is 1. The first-order chi connectivity index (χ1) is 12.5. The third kappa shape index (κ3) is 6.19. The van der Waals surface area contributed by atoms with E-state index in [1.54, 1.807) is 0 Å². The Kier molecular flexibility index (Phi) is 6.89. The van der Waals surface area contributed by atoms with E-state index in [1.807, 2.05) is 30.3 Å². The van der Waals surface area contributed by atoms with Crippen LogP contribution < -0.4 is 15.6 Å². The zero-order valence-corrected chi connectivity index (χ0v) is 17.0. The average molecular weight is 450 g/mol. The fraction of sp³-hybridized carbons (Fsp3) is 0.133. The third-order valence-corrected chi connectivity index (χ3v) is 6.60. The van der Waals surface area contributed by atoms with Gasteiger partial charge in [-0.1, -0.05) is 29.8 Å². The van der Waals surface area contributed by atoms with Gasteiger partial charge in [-0.05, 0) is 24.3 Å². The van der Waals surface area contributed by atoms with Crippen molar-refractivity contribution in [1.29, 1.82) is 0 Å². The van der Waals surface area contributed by atoms with Crippen LogP contribution in [0.2, 0.25) is 5.02 Å². The number of carbonyl (C=O) groups excluding carboxylic acids is 1. The van der Waals surface area contributed by atoms with Gasteiger partial charge in [0.25, 0.3) is 0 Å². The molecule has 0 radical (unpaired) electrons. The molecule has 0 bridgehead atoms. The lowest BCUT2D eigenvalue weighted by Gasteiger charge is -2.12. The minimum atomic E-state index is -4.34.